The smallest absolute Gasteiger partial charge is 0.409 e. The summed E-state index contributed by atoms with van der Waals surface area (Å²) in [5.74, 6) is -0.310. The number of rotatable bonds is 7. The number of piperidine rings is 2. The van der Waals surface area contributed by atoms with E-state index in [0.717, 1.165) is 18.4 Å². The molecule has 8 nitrogen and oxygen atoms in total. The van der Waals surface area contributed by atoms with Crippen molar-refractivity contribution in [2.24, 2.45) is 5.92 Å². The minimum Gasteiger partial charge on any atom is -0.466 e. The molecule has 0 aliphatic carbocycles. The molecule has 0 bridgehead atoms. The van der Waals surface area contributed by atoms with Crippen LogP contribution in [0.3, 0.4) is 0 Å². The molecule has 0 atom stereocenters. The number of nitrogens with zero attached hydrogens (tertiary/aromatic N) is 2. The normalized spacial score (nSPS) is 18.5. The number of likely N-dealkylation sites (tertiary alicyclic amines) is 2. The molecular weight excluding hydrogens is 422 g/mol. The fourth-order valence-corrected chi connectivity index (χ4v) is 4.57. The Bertz CT molecular complexity index is 784. The monoisotopic (exact) mass is 459 g/mol. The van der Waals surface area contributed by atoms with Gasteiger partial charge < -0.3 is 24.6 Å². The second kappa shape index (κ2) is 11.9. The largest absolute Gasteiger partial charge is 0.466 e. The van der Waals surface area contributed by atoms with Crippen molar-refractivity contribution in [1.82, 2.24) is 15.1 Å². The first-order valence-corrected chi connectivity index (χ1v) is 12.2. The molecule has 8 heteroatoms. The second-order valence-corrected chi connectivity index (χ2v) is 8.85. The zero-order chi connectivity index (χ0) is 23.7. The summed E-state index contributed by atoms with van der Waals surface area (Å²) in [5.41, 5.74) is 0.495. The first-order chi connectivity index (χ1) is 16.0. The van der Waals surface area contributed by atoms with Gasteiger partial charge in [-0.05, 0) is 44.6 Å². The van der Waals surface area contributed by atoms with Gasteiger partial charge in [0.05, 0.1) is 24.7 Å². The maximum absolute atomic E-state index is 13.2. The number of amides is 3. The summed E-state index contributed by atoms with van der Waals surface area (Å²) in [6.07, 6.45) is 4.02. The molecule has 0 unspecified atom stereocenters. The first-order valence-electron chi connectivity index (χ1n) is 12.2. The average molecular weight is 460 g/mol. The Labute approximate surface area is 196 Å². The number of urea groups is 1. The Kier molecular flexibility index (Phi) is 8.97. The van der Waals surface area contributed by atoms with Gasteiger partial charge in [0.2, 0.25) is 0 Å². The Morgan fingerprint density at radius 3 is 2.24 bits per heavy atom. The minimum atomic E-state index is -0.545. The summed E-state index contributed by atoms with van der Waals surface area (Å²) in [6.45, 7) is 6.77. The van der Waals surface area contributed by atoms with Crippen LogP contribution in [-0.2, 0) is 19.8 Å². The third kappa shape index (κ3) is 6.39. The molecule has 0 spiro atoms. The summed E-state index contributed by atoms with van der Waals surface area (Å²) in [4.78, 5) is 41.1. The summed E-state index contributed by atoms with van der Waals surface area (Å²) in [6, 6.07) is 9.84. The van der Waals surface area contributed by atoms with Gasteiger partial charge in [0.1, 0.15) is 0 Å². The standard InChI is InChI=1S/C25H37N3O5/c1-3-5-19-33-24(31)28-17-13-25(14-18-28,21-9-7-6-8-10-21)26-23(30)27-15-11-20(12-16-27)22(29)32-4-2/h6-10,20H,3-5,11-19H2,1-2H3,(H,26,30). The molecule has 182 valence electrons. The Hall–Kier alpha value is -2.77. The third-order valence-corrected chi connectivity index (χ3v) is 6.67. The van der Waals surface area contributed by atoms with E-state index in [4.69, 9.17) is 9.47 Å². The van der Waals surface area contributed by atoms with Gasteiger partial charge in [-0.3, -0.25) is 4.79 Å². The molecule has 3 rings (SSSR count). The van der Waals surface area contributed by atoms with E-state index in [9.17, 15) is 14.4 Å². The van der Waals surface area contributed by atoms with Crippen molar-refractivity contribution in [2.75, 3.05) is 39.4 Å². The van der Waals surface area contributed by atoms with E-state index in [-0.39, 0.29) is 24.0 Å². The van der Waals surface area contributed by atoms with Crippen LogP contribution in [0.4, 0.5) is 9.59 Å². The number of carbonyl (C=O) groups excluding carboxylic acids is 3. The highest BCUT2D eigenvalue weighted by Crippen LogP contribution is 2.34. The summed E-state index contributed by atoms with van der Waals surface area (Å²) in [7, 11) is 0. The molecule has 0 aromatic heterocycles. The quantitative estimate of drug-likeness (QED) is 0.494. The highest BCUT2D eigenvalue weighted by molar-refractivity contribution is 5.77. The van der Waals surface area contributed by atoms with Crippen LogP contribution in [0.15, 0.2) is 30.3 Å². The predicted molar refractivity (Wildman–Crippen MR) is 125 cm³/mol. The molecule has 2 saturated heterocycles. The molecule has 3 amide bonds. The molecule has 2 aliphatic rings. The van der Waals surface area contributed by atoms with Gasteiger partial charge in [0.15, 0.2) is 0 Å². The Morgan fingerprint density at radius 2 is 1.64 bits per heavy atom. The van der Waals surface area contributed by atoms with E-state index in [2.05, 4.69) is 12.2 Å². The Morgan fingerprint density at radius 1 is 0.970 bits per heavy atom. The van der Waals surface area contributed by atoms with Crippen LogP contribution in [0.25, 0.3) is 0 Å². The summed E-state index contributed by atoms with van der Waals surface area (Å²) < 4.78 is 10.5. The molecule has 33 heavy (non-hydrogen) atoms. The molecule has 2 fully saturated rings. The lowest BCUT2D eigenvalue weighted by Crippen LogP contribution is -2.57. The highest BCUT2D eigenvalue weighted by atomic mass is 16.6. The zero-order valence-electron chi connectivity index (χ0n) is 19.9. The number of nitrogens with one attached hydrogen (secondary N) is 1. The van der Waals surface area contributed by atoms with Crippen LogP contribution < -0.4 is 5.32 Å². The molecule has 1 aromatic carbocycles. The summed E-state index contributed by atoms with van der Waals surface area (Å²) >= 11 is 0. The van der Waals surface area contributed by atoms with Crippen molar-refractivity contribution in [3.63, 3.8) is 0 Å². The maximum atomic E-state index is 13.2. The van der Waals surface area contributed by atoms with Gasteiger partial charge in [0.25, 0.3) is 0 Å². The number of hydrogen-bond donors (Lipinski definition) is 1. The van der Waals surface area contributed by atoms with Crippen LogP contribution in [0, 0.1) is 5.92 Å². The SMILES string of the molecule is CCCCOC(=O)N1CCC(NC(=O)N2CCC(C(=O)OCC)CC2)(c2ccccc2)CC1. The van der Waals surface area contributed by atoms with Crippen LogP contribution in [-0.4, -0.2) is 67.3 Å². The predicted octanol–water partition coefficient (Wildman–Crippen LogP) is 3.90. The van der Waals surface area contributed by atoms with Gasteiger partial charge in [-0.1, -0.05) is 43.7 Å². The van der Waals surface area contributed by atoms with Gasteiger partial charge in [-0.2, -0.15) is 0 Å². The van der Waals surface area contributed by atoms with Gasteiger partial charge in [-0.25, -0.2) is 9.59 Å². The summed E-state index contributed by atoms with van der Waals surface area (Å²) in [5, 5.41) is 3.29. The van der Waals surface area contributed by atoms with E-state index in [1.54, 1.807) is 16.7 Å². The van der Waals surface area contributed by atoms with Crippen molar-refractivity contribution < 1.29 is 23.9 Å². The van der Waals surface area contributed by atoms with Crippen LogP contribution in [0.2, 0.25) is 0 Å². The van der Waals surface area contributed by atoms with Crippen molar-refractivity contribution in [2.45, 2.75) is 57.9 Å². The second-order valence-electron chi connectivity index (χ2n) is 8.85. The number of carbonyl (C=O) groups is 3. The fourth-order valence-electron chi connectivity index (χ4n) is 4.57. The molecule has 2 heterocycles. The number of unbranched alkanes of at least 4 members (excludes halogenated alkanes) is 1. The van der Waals surface area contributed by atoms with Crippen LogP contribution in [0.5, 0.6) is 0 Å². The number of ether oxygens (including phenoxy) is 2. The molecule has 0 saturated carbocycles. The van der Waals surface area contributed by atoms with Crippen molar-refractivity contribution in [1.29, 1.82) is 0 Å². The third-order valence-electron chi connectivity index (χ3n) is 6.67. The number of hydrogen-bond acceptors (Lipinski definition) is 5. The highest BCUT2D eigenvalue weighted by Gasteiger charge is 2.40. The van der Waals surface area contributed by atoms with Crippen molar-refractivity contribution in [3.8, 4) is 0 Å². The van der Waals surface area contributed by atoms with Gasteiger partial charge in [-0.15, -0.1) is 0 Å². The van der Waals surface area contributed by atoms with Crippen LogP contribution in [0.1, 0.15) is 57.9 Å². The lowest BCUT2D eigenvalue weighted by molar-refractivity contribution is -0.149. The van der Waals surface area contributed by atoms with Gasteiger partial charge in [0, 0.05) is 26.2 Å². The lowest BCUT2D eigenvalue weighted by atomic mass is 9.81. The lowest BCUT2D eigenvalue weighted by Gasteiger charge is -2.44. The molecule has 0 radical (unpaired) electrons. The van der Waals surface area contributed by atoms with Crippen molar-refractivity contribution in [3.05, 3.63) is 35.9 Å². The van der Waals surface area contributed by atoms with E-state index in [1.807, 2.05) is 30.3 Å². The van der Waals surface area contributed by atoms with E-state index < -0.39 is 5.54 Å². The fraction of sp³-hybridized carbons (Fsp3) is 0.640. The number of benzene rings is 1. The Balaban J connectivity index is 1.62. The topological polar surface area (TPSA) is 88.2 Å². The average Bonchev–Trinajstić information content (AvgIpc) is 2.85. The van der Waals surface area contributed by atoms with Crippen LogP contribution >= 0.6 is 0 Å². The molecule has 1 aromatic rings. The first kappa shape index (κ1) is 24.9. The van der Waals surface area contributed by atoms with E-state index in [1.165, 1.54) is 0 Å². The van der Waals surface area contributed by atoms with Gasteiger partial charge >= 0.3 is 18.1 Å². The maximum Gasteiger partial charge on any atom is 0.409 e. The van der Waals surface area contributed by atoms with E-state index in [0.29, 0.717) is 65.1 Å². The molecule has 1 N–H and O–H groups in total. The molecule has 2 aliphatic heterocycles. The zero-order valence-corrected chi connectivity index (χ0v) is 19.9. The minimum absolute atomic E-state index is 0.125. The van der Waals surface area contributed by atoms with E-state index >= 15 is 0 Å². The number of esters is 1. The molecular formula is C25H37N3O5. The van der Waals surface area contributed by atoms with Crippen molar-refractivity contribution >= 4 is 18.1 Å².